The van der Waals surface area contributed by atoms with Crippen molar-refractivity contribution in [3.05, 3.63) is 0 Å². The van der Waals surface area contributed by atoms with Crippen molar-refractivity contribution >= 4 is 37.7 Å². The van der Waals surface area contributed by atoms with Gasteiger partial charge in [-0.05, 0) is 0 Å². The van der Waals surface area contributed by atoms with E-state index in [2.05, 4.69) is 0 Å². The Morgan fingerprint density at radius 1 is 1.00 bits per heavy atom. The molecule has 0 aliphatic heterocycles. The van der Waals surface area contributed by atoms with Crippen LogP contribution in [0.3, 0.4) is 0 Å². The Balaban J connectivity index is -0.00000000267. The van der Waals surface area contributed by atoms with Crippen molar-refractivity contribution in [1.29, 1.82) is 0 Å². The van der Waals surface area contributed by atoms with E-state index in [4.69, 9.17) is 10.2 Å². The van der Waals surface area contributed by atoms with Gasteiger partial charge in [0.15, 0.2) is 0 Å². The maximum Gasteiger partial charge on any atom is 2.00 e. The molecule has 0 unspecified atom stereocenters. The molecule has 0 saturated carbocycles. The molecule has 0 fully saturated rings. The average Bonchev–Trinajstić information content (AvgIpc) is 1.50. The fourth-order valence-corrected chi connectivity index (χ4v) is 0. The topological polar surface area (TPSA) is 46.1 Å². The van der Waals surface area contributed by atoms with Crippen LogP contribution in [0, 0.1) is 0 Å². The molecule has 0 aromatic carbocycles. The smallest absolute Gasteiger partial charge is 1.00 e. The summed E-state index contributed by atoms with van der Waals surface area (Å²) in [6.07, 6.45) is 0. The van der Waals surface area contributed by atoms with E-state index in [0.717, 1.165) is 14.2 Å². The summed E-state index contributed by atoms with van der Waals surface area (Å²) in [5, 5.41) is 16.5. The molecule has 0 heterocycles. The zero-order chi connectivity index (χ0) is 4.00. The summed E-state index contributed by atoms with van der Waals surface area (Å²) in [7, 11) is 1.50. The predicted molar refractivity (Wildman–Crippen MR) is 18.7 cm³/mol. The van der Waals surface area contributed by atoms with Gasteiger partial charge >= 0.3 is 89.1 Å². The van der Waals surface area contributed by atoms with Crippen LogP contribution in [0.4, 0.5) is 0 Å². The molecule has 0 bridgehead atoms. The van der Waals surface area contributed by atoms with E-state index in [-0.39, 0.29) is 90.5 Å². The van der Waals surface area contributed by atoms with Crippen LogP contribution >= 0.6 is 0 Å². The molecule has 2 nitrogen and oxygen atoms in total. The maximum absolute atomic E-state index is 8.25. The molecule has 0 rings (SSSR count). The van der Waals surface area contributed by atoms with Crippen molar-refractivity contribution in [3.63, 3.8) is 0 Å². The summed E-state index contributed by atoms with van der Waals surface area (Å²) in [6, 6.07) is 0. The van der Waals surface area contributed by atoms with Crippen LogP contribution in [0.5, 0.6) is 0 Å². The molecule has 0 aliphatic rings. The summed E-state index contributed by atoms with van der Waals surface area (Å²) >= 11 is 0. The van der Waals surface area contributed by atoms with Gasteiger partial charge in [-0.2, -0.15) is 14.2 Å². The van der Waals surface area contributed by atoms with Gasteiger partial charge in [0.25, 0.3) is 0 Å². The minimum Gasteiger partial charge on any atom is -1.00 e. The van der Waals surface area contributed by atoms with Gasteiger partial charge in [-0.3, -0.25) is 0 Å². The van der Waals surface area contributed by atoms with Crippen LogP contribution in [-0.2, 0) is 0 Å². The molecule has 0 aliphatic carbocycles. The van der Waals surface area contributed by atoms with Crippen LogP contribution in [0.15, 0.2) is 0 Å². The molecule has 30 valence electrons. The van der Waals surface area contributed by atoms with Crippen LogP contribution in [0.25, 0.3) is 0 Å². The first-order chi connectivity index (χ1) is 2.00. The van der Waals surface area contributed by atoms with Gasteiger partial charge in [0.2, 0.25) is 0 Å². The molecule has 0 aromatic heterocycles. The maximum atomic E-state index is 8.25. The molecule has 0 atom stereocenters. The van der Waals surface area contributed by atoms with Gasteiger partial charge in [-0.1, -0.05) is 0 Å². The Hall–Kier alpha value is 2.82. The molecule has 0 aromatic rings. The van der Waals surface area contributed by atoms with Gasteiger partial charge in [-0.15, -0.1) is 0 Å². The summed E-state index contributed by atoms with van der Waals surface area (Å²) < 4.78 is 0. The third-order valence-corrected chi connectivity index (χ3v) is 0. The molecule has 0 N–H and O–H groups in total. The Kier molecular flexibility index (Phi) is 177. The van der Waals surface area contributed by atoms with E-state index in [1.807, 2.05) is 0 Å². The SMILES string of the molecule is C[O-].C[O-].[Ca+2].[H-].[K+]. The number of rotatable bonds is 0. The minimum absolute atomic E-state index is 0. The molecule has 0 spiro atoms. The standard InChI is InChI=1S/2CH3O.Ca.K.H/c2*1-2;;;/h2*1H3;;;/q2*-1;+2;+1;-1. The van der Waals surface area contributed by atoms with E-state index in [9.17, 15) is 0 Å². The van der Waals surface area contributed by atoms with Gasteiger partial charge in [0.1, 0.15) is 0 Å². The fourth-order valence-electron chi connectivity index (χ4n) is 0. The molecule has 0 radical (unpaired) electrons. The van der Waals surface area contributed by atoms with Crippen molar-refractivity contribution in [2.45, 2.75) is 0 Å². The number of hydrogen-bond donors (Lipinski definition) is 0. The average molecular weight is 142 g/mol. The Morgan fingerprint density at radius 3 is 1.00 bits per heavy atom. The summed E-state index contributed by atoms with van der Waals surface area (Å²) in [5.41, 5.74) is 0. The first-order valence-electron chi connectivity index (χ1n) is 0.816. The molecule has 0 amide bonds. The fraction of sp³-hybridized carbons (Fsp3) is 1.00. The third-order valence-electron chi connectivity index (χ3n) is 0. The van der Waals surface area contributed by atoms with E-state index in [1.165, 1.54) is 0 Å². The normalized spacial score (nSPS) is 2.00. The van der Waals surface area contributed by atoms with Crippen LogP contribution < -0.4 is 61.6 Å². The first kappa shape index (κ1) is 23.2. The summed E-state index contributed by atoms with van der Waals surface area (Å²) in [4.78, 5) is 0. The second-order valence-electron chi connectivity index (χ2n) is 0. The third kappa shape index (κ3) is 29.1. The van der Waals surface area contributed by atoms with Crippen LogP contribution in [0.1, 0.15) is 1.43 Å². The Bertz CT molecular complexity index is 15.7. The monoisotopic (exact) mass is 142 g/mol. The van der Waals surface area contributed by atoms with Crippen molar-refractivity contribution in [3.8, 4) is 0 Å². The minimum atomic E-state index is 0. The zero-order valence-electron chi connectivity index (χ0n) is 5.52. The van der Waals surface area contributed by atoms with E-state index < -0.39 is 0 Å². The second-order valence-corrected chi connectivity index (χ2v) is 0. The van der Waals surface area contributed by atoms with Gasteiger partial charge < -0.3 is 11.6 Å². The summed E-state index contributed by atoms with van der Waals surface area (Å²) in [6.45, 7) is 0. The van der Waals surface area contributed by atoms with Crippen molar-refractivity contribution in [2.75, 3.05) is 14.2 Å². The van der Waals surface area contributed by atoms with Crippen molar-refractivity contribution in [2.24, 2.45) is 0 Å². The van der Waals surface area contributed by atoms with Crippen LogP contribution in [-0.4, -0.2) is 52.0 Å². The quantitative estimate of drug-likeness (QED) is 0.317. The van der Waals surface area contributed by atoms with E-state index >= 15 is 0 Å². The van der Waals surface area contributed by atoms with Crippen LogP contribution in [0.2, 0.25) is 0 Å². The Labute approximate surface area is 112 Å². The first-order valence-corrected chi connectivity index (χ1v) is 0.816. The largest absolute Gasteiger partial charge is 2.00 e. The zero-order valence-corrected chi connectivity index (χ0v) is 9.86. The molecular formula is C2H7CaKO2. The van der Waals surface area contributed by atoms with Gasteiger partial charge in [0, 0.05) is 0 Å². The van der Waals surface area contributed by atoms with E-state index in [1.54, 1.807) is 0 Å². The van der Waals surface area contributed by atoms with Gasteiger partial charge in [0.05, 0.1) is 0 Å². The van der Waals surface area contributed by atoms with Gasteiger partial charge in [-0.25, -0.2) is 0 Å². The second kappa shape index (κ2) is 45.8. The number of hydrogen-bond acceptors (Lipinski definition) is 2. The molecule has 4 heteroatoms. The molecule has 6 heavy (non-hydrogen) atoms. The van der Waals surface area contributed by atoms with Crippen molar-refractivity contribution < 1.29 is 63.0 Å². The molecule has 0 saturated heterocycles. The van der Waals surface area contributed by atoms with E-state index in [0.29, 0.717) is 0 Å². The summed E-state index contributed by atoms with van der Waals surface area (Å²) in [5.74, 6) is 0. The predicted octanol–water partition coefficient (Wildman–Crippen LogP) is -5.31. The van der Waals surface area contributed by atoms with Crippen molar-refractivity contribution in [1.82, 2.24) is 0 Å². The molecular weight excluding hydrogens is 135 g/mol. The Morgan fingerprint density at radius 2 is 1.00 bits per heavy atom.